The molecule has 7 aromatic rings. The second-order valence-electron chi connectivity index (χ2n) is 19.6. The second kappa shape index (κ2) is 19.0. The van der Waals surface area contributed by atoms with E-state index in [1.165, 1.54) is 36.9 Å². The van der Waals surface area contributed by atoms with Crippen LogP contribution in [0.2, 0.25) is 0 Å². The van der Waals surface area contributed by atoms with Gasteiger partial charge in [-0.15, -0.1) is 0 Å². The van der Waals surface area contributed by atoms with Crippen LogP contribution in [0, 0.1) is 18.6 Å². The molecule has 73 heavy (non-hydrogen) atoms. The van der Waals surface area contributed by atoms with Crippen LogP contribution in [0.5, 0.6) is 0 Å². The van der Waals surface area contributed by atoms with Crippen LogP contribution >= 0.6 is 0 Å². The van der Waals surface area contributed by atoms with Crippen LogP contribution in [-0.4, -0.2) is 102 Å². The van der Waals surface area contributed by atoms with Crippen molar-refractivity contribution in [2.75, 3.05) is 55.4 Å². The van der Waals surface area contributed by atoms with Gasteiger partial charge in [-0.05, 0) is 105 Å². The van der Waals surface area contributed by atoms with Gasteiger partial charge in [-0.1, -0.05) is 12.1 Å². The molecule has 10 rings (SSSR count). The summed E-state index contributed by atoms with van der Waals surface area (Å²) in [6.45, 7) is 6.16. The topological polar surface area (TPSA) is 185 Å². The number of anilines is 3. The number of imide groups is 1. The number of nitrogens with zero attached hydrogens (tertiary/aromatic N) is 9. The summed E-state index contributed by atoms with van der Waals surface area (Å²) in [6.07, 6.45) is 8.71. The second-order valence-corrected chi connectivity index (χ2v) is 19.6. The number of aromatic nitrogens is 6. The third-order valence-electron chi connectivity index (χ3n) is 15.2. The summed E-state index contributed by atoms with van der Waals surface area (Å²) >= 11 is 0. The van der Waals surface area contributed by atoms with Crippen molar-refractivity contribution in [3.63, 3.8) is 0 Å². The maximum atomic E-state index is 16.1. The zero-order valence-electron chi connectivity index (χ0n) is 41.6. The van der Waals surface area contributed by atoms with Gasteiger partial charge < -0.3 is 24.8 Å². The Balaban J connectivity index is 0.764. The lowest BCUT2D eigenvalue weighted by molar-refractivity contribution is -0.135. The van der Waals surface area contributed by atoms with Crippen molar-refractivity contribution >= 4 is 62.6 Å². The van der Waals surface area contributed by atoms with Gasteiger partial charge in [0.25, 0.3) is 11.5 Å². The Kier molecular flexibility index (Phi) is 12.7. The molecule has 17 nitrogen and oxygen atoms in total. The monoisotopic (exact) mass is 993 g/mol. The smallest absolute Gasteiger partial charge is 0.329 e. The van der Waals surface area contributed by atoms with Crippen LogP contribution in [0.4, 0.5) is 26.0 Å². The molecular formula is C54H57F2N11O6. The molecule has 3 amide bonds. The predicted molar refractivity (Wildman–Crippen MR) is 275 cm³/mol. The first-order valence-corrected chi connectivity index (χ1v) is 24.5. The molecule has 8 heterocycles. The summed E-state index contributed by atoms with van der Waals surface area (Å²) in [6, 6.07) is 16.3. The standard InChI is InChI=1S/C54H57F2N11O6/c1-31-23-35(25-38(55)49(31)34-14-19-64(20-15-34)32(2)44-26-37-41(13-18-58-50(37)62(44)5)66-30-39(56)40(57-3)27-48(66)69)52(71)61(4)36-8-11-46(59-29-36)65-21-16-54(73,17-22-65)28-33-7-9-42-45(24-33)63(6)53(72)67(42)43-10-12-47(68)60-51(43)70/h7-9,11,13-14,18,23-27,29-30,32,43,57,73H,10,12,15-17,19-22,28H2,1-6H3,(H,60,68,70)/t32-,43?/m0/s1. The van der Waals surface area contributed by atoms with E-state index < -0.39 is 29.2 Å². The van der Waals surface area contributed by atoms with E-state index in [-0.39, 0.29) is 53.2 Å². The van der Waals surface area contributed by atoms with Crippen molar-refractivity contribution in [3.05, 3.63) is 146 Å². The van der Waals surface area contributed by atoms with Gasteiger partial charge in [0.05, 0.1) is 46.1 Å². The number of pyridine rings is 3. The van der Waals surface area contributed by atoms with E-state index in [0.29, 0.717) is 102 Å². The Morgan fingerprint density at radius 1 is 0.945 bits per heavy atom. The number of rotatable bonds is 11. The summed E-state index contributed by atoms with van der Waals surface area (Å²) < 4.78 is 37.2. The van der Waals surface area contributed by atoms with Gasteiger partial charge in [0.15, 0.2) is 5.82 Å². The third kappa shape index (κ3) is 8.89. The molecule has 378 valence electrons. The average molecular weight is 994 g/mol. The molecule has 0 saturated carbocycles. The van der Waals surface area contributed by atoms with Crippen molar-refractivity contribution in [2.24, 2.45) is 14.1 Å². The molecule has 2 aromatic carbocycles. The van der Waals surface area contributed by atoms with Gasteiger partial charge >= 0.3 is 5.69 Å². The minimum atomic E-state index is -1.00. The minimum absolute atomic E-state index is 0.0784. The van der Waals surface area contributed by atoms with Crippen LogP contribution in [0.1, 0.15) is 83.9 Å². The van der Waals surface area contributed by atoms with Crippen molar-refractivity contribution in [3.8, 4) is 5.69 Å². The molecule has 1 unspecified atom stereocenters. The van der Waals surface area contributed by atoms with E-state index in [9.17, 15) is 33.5 Å². The van der Waals surface area contributed by atoms with E-state index in [0.717, 1.165) is 16.8 Å². The summed E-state index contributed by atoms with van der Waals surface area (Å²) in [5.74, 6) is -1.55. The lowest BCUT2D eigenvalue weighted by Gasteiger charge is -2.39. The zero-order chi connectivity index (χ0) is 51.6. The molecule has 3 aliphatic heterocycles. The summed E-state index contributed by atoms with van der Waals surface area (Å²) in [5, 5.41) is 17.5. The van der Waals surface area contributed by atoms with E-state index in [1.54, 1.807) is 57.8 Å². The van der Waals surface area contributed by atoms with Crippen molar-refractivity contribution < 1.29 is 28.3 Å². The van der Waals surface area contributed by atoms with E-state index in [1.807, 2.05) is 48.9 Å². The molecular weight excluding hydrogens is 937 g/mol. The highest BCUT2D eigenvalue weighted by Gasteiger charge is 2.35. The van der Waals surface area contributed by atoms with Gasteiger partial charge in [0, 0.05) is 108 Å². The third-order valence-corrected chi connectivity index (χ3v) is 15.2. The van der Waals surface area contributed by atoms with Crippen LogP contribution in [0.25, 0.3) is 33.3 Å². The molecule has 5 aromatic heterocycles. The number of amides is 3. The average Bonchev–Trinajstić information content (AvgIpc) is 3.85. The Bertz CT molecular complexity index is 3510. The molecule has 2 saturated heterocycles. The molecule has 0 bridgehead atoms. The summed E-state index contributed by atoms with van der Waals surface area (Å²) in [5.41, 5.74) is 5.36. The Morgan fingerprint density at radius 3 is 2.41 bits per heavy atom. The van der Waals surface area contributed by atoms with Crippen molar-refractivity contribution in [1.82, 2.24) is 38.5 Å². The maximum absolute atomic E-state index is 16.1. The maximum Gasteiger partial charge on any atom is 0.329 e. The number of fused-ring (bicyclic) bond motifs is 2. The van der Waals surface area contributed by atoms with Crippen molar-refractivity contribution in [2.45, 2.75) is 70.1 Å². The largest absolute Gasteiger partial charge is 0.389 e. The summed E-state index contributed by atoms with van der Waals surface area (Å²) in [7, 11) is 6.76. The lowest BCUT2D eigenvalue weighted by Crippen LogP contribution is -2.46. The van der Waals surface area contributed by atoms with Gasteiger partial charge in [0.1, 0.15) is 23.3 Å². The number of carbonyl (C=O) groups excluding carboxylic acids is 3. The molecule has 2 atom stereocenters. The first kappa shape index (κ1) is 48.8. The molecule has 0 spiro atoms. The fraction of sp³-hybridized carbons (Fsp3) is 0.352. The quantitative estimate of drug-likeness (QED) is 0.128. The lowest BCUT2D eigenvalue weighted by atomic mass is 9.85. The molecule has 3 N–H and O–H groups in total. The van der Waals surface area contributed by atoms with E-state index in [2.05, 4.69) is 37.3 Å². The zero-order valence-corrected chi connectivity index (χ0v) is 41.6. The highest BCUT2D eigenvalue weighted by Crippen LogP contribution is 2.36. The van der Waals surface area contributed by atoms with Gasteiger partial charge in [-0.3, -0.25) is 43.1 Å². The minimum Gasteiger partial charge on any atom is -0.389 e. The summed E-state index contributed by atoms with van der Waals surface area (Å²) in [4.78, 5) is 79.6. The first-order valence-electron chi connectivity index (χ1n) is 24.5. The normalized spacial score (nSPS) is 17.7. The number of imidazole rings is 1. The van der Waals surface area contributed by atoms with Gasteiger partial charge in [0.2, 0.25) is 11.8 Å². The number of aryl methyl sites for hydroxylation is 3. The van der Waals surface area contributed by atoms with Gasteiger partial charge in [-0.25, -0.2) is 23.5 Å². The number of carbonyl (C=O) groups is 3. The molecule has 3 aliphatic rings. The highest BCUT2D eigenvalue weighted by molar-refractivity contribution is 6.06. The number of benzene rings is 2. The van der Waals surface area contributed by atoms with Crippen LogP contribution in [0.15, 0.2) is 94.9 Å². The van der Waals surface area contributed by atoms with Crippen molar-refractivity contribution in [1.29, 1.82) is 0 Å². The Hall–Kier alpha value is -7.77. The molecule has 0 radical (unpaired) electrons. The first-order chi connectivity index (χ1) is 34.9. The number of hydrogen-bond acceptors (Lipinski definition) is 11. The number of aliphatic hydroxyl groups is 1. The van der Waals surface area contributed by atoms with E-state index >= 15 is 4.39 Å². The molecule has 0 aliphatic carbocycles. The Morgan fingerprint density at radius 2 is 1.73 bits per heavy atom. The molecule has 19 heteroatoms. The number of halogens is 2. The SMILES string of the molecule is CNc1cc(=O)n(-c2ccnc3c2cc([C@H](C)N2CC=C(c4c(C)cc(C(=O)N(C)c5ccc(N6CCC(O)(Cc7ccc8c(c7)n(C)c(=O)n8C7CCC(=O)NC7=O)CC6)nc5)cc4F)CC2)n3C)cc1F. The predicted octanol–water partition coefficient (Wildman–Crippen LogP) is 6.08. The van der Waals surface area contributed by atoms with E-state index in [4.69, 9.17) is 0 Å². The van der Waals surface area contributed by atoms with Crippen LogP contribution in [0.3, 0.4) is 0 Å². The van der Waals surface area contributed by atoms with Crippen LogP contribution < -0.4 is 31.7 Å². The molecule has 2 fully saturated rings. The fourth-order valence-electron chi connectivity index (χ4n) is 11.0. The number of nitrogens with one attached hydrogen (secondary N) is 2. The van der Waals surface area contributed by atoms with Gasteiger partial charge in [-0.2, -0.15) is 0 Å². The Labute approximate surface area is 419 Å². The number of hydrogen-bond donors (Lipinski definition) is 3. The van der Waals surface area contributed by atoms with Crippen LogP contribution in [-0.2, 0) is 30.1 Å². The number of piperidine rings is 2. The highest BCUT2D eigenvalue weighted by atomic mass is 19.1. The fourth-order valence-corrected chi connectivity index (χ4v) is 11.0.